The second-order valence-electron chi connectivity index (χ2n) is 5.37. The van der Waals surface area contributed by atoms with Crippen molar-refractivity contribution < 1.29 is 4.79 Å². The van der Waals surface area contributed by atoms with Crippen molar-refractivity contribution >= 4 is 11.7 Å². The quantitative estimate of drug-likeness (QED) is 0.610. The molecule has 1 aliphatic heterocycles. The van der Waals surface area contributed by atoms with Gasteiger partial charge in [0.2, 0.25) is 5.91 Å². The summed E-state index contributed by atoms with van der Waals surface area (Å²) in [4.78, 5) is 20.5. The lowest BCUT2D eigenvalue weighted by Crippen LogP contribution is -2.61. The smallest absolute Gasteiger partial charge is 0.242 e. The number of pyridine rings is 1. The maximum Gasteiger partial charge on any atom is 0.242 e. The number of rotatable bonds is 3. The molecule has 1 aromatic rings. The average molecular weight is 263 g/mol. The Hall–Kier alpha value is -1.66. The predicted molar refractivity (Wildman–Crippen MR) is 74.2 cm³/mol. The van der Waals surface area contributed by atoms with Gasteiger partial charge in [-0.05, 0) is 26.0 Å². The van der Waals surface area contributed by atoms with Gasteiger partial charge in [0.05, 0.1) is 11.2 Å². The van der Waals surface area contributed by atoms with Gasteiger partial charge in [0.25, 0.3) is 0 Å². The van der Waals surface area contributed by atoms with Crippen LogP contribution in [0.3, 0.4) is 0 Å². The van der Waals surface area contributed by atoms with Gasteiger partial charge in [-0.15, -0.1) is 0 Å². The first-order chi connectivity index (χ1) is 8.95. The number of amides is 1. The van der Waals surface area contributed by atoms with E-state index < -0.39 is 5.54 Å². The lowest BCUT2D eigenvalue weighted by atomic mass is 9.97. The van der Waals surface area contributed by atoms with Crippen molar-refractivity contribution in [3.63, 3.8) is 0 Å². The topological polar surface area (TPSA) is 74.5 Å². The highest BCUT2D eigenvalue weighted by Gasteiger charge is 2.40. The first-order valence-electron chi connectivity index (χ1n) is 6.38. The Morgan fingerprint density at radius 1 is 1.42 bits per heavy atom. The van der Waals surface area contributed by atoms with Gasteiger partial charge in [0, 0.05) is 26.7 Å². The second-order valence-corrected chi connectivity index (χ2v) is 5.37. The van der Waals surface area contributed by atoms with E-state index in [4.69, 9.17) is 5.84 Å². The third-order valence-electron chi connectivity index (χ3n) is 3.67. The van der Waals surface area contributed by atoms with Crippen LogP contribution in [0.25, 0.3) is 0 Å². The molecule has 3 N–H and O–H groups in total. The van der Waals surface area contributed by atoms with Crippen LogP contribution in [0.15, 0.2) is 18.2 Å². The van der Waals surface area contributed by atoms with Crippen LogP contribution in [0.5, 0.6) is 0 Å². The number of nitrogen functional groups attached to an aromatic ring is 1. The molecule has 6 heteroatoms. The van der Waals surface area contributed by atoms with Crippen molar-refractivity contribution in [2.75, 3.05) is 25.6 Å². The van der Waals surface area contributed by atoms with Crippen LogP contribution in [0.1, 0.15) is 19.5 Å². The Balaban J connectivity index is 2.16. The summed E-state index contributed by atoms with van der Waals surface area (Å²) in [7, 11) is 1.85. The van der Waals surface area contributed by atoms with Crippen molar-refractivity contribution in [3.05, 3.63) is 23.9 Å². The number of carbonyl (C=O) groups excluding carboxylic acids is 1. The minimum atomic E-state index is -0.499. The molecule has 0 spiro atoms. The van der Waals surface area contributed by atoms with Gasteiger partial charge in [-0.3, -0.25) is 9.69 Å². The van der Waals surface area contributed by atoms with Gasteiger partial charge in [-0.1, -0.05) is 6.07 Å². The van der Waals surface area contributed by atoms with Gasteiger partial charge >= 0.3 is 0 Å². The third kappa shape index (κ3) is 2.69. The molecule has 1 aromatic heterocycles. The third-order valence-corrected chi connectivity index (χ3v) is 3.67. The maximum atomic E-state index is 12.2. The zero-order valence-electron chi connectivity index (χ0n) is 11.7. The molecule has 0 radical (unpaired) electrons. The summed E-state index contributed by atoms with van der Waals surface area (Å²) < 4.78 is 0. The molecule has 1 saturated heterocycles. The molecule has 0 unspecified atom stereocenters. The zero-order valence-corrected chi connectivity index (χ0v) is 11.7. The highest BCUT2D eigenvalue weighted by atomic mass is 16.2. The van der Waals surface area contributed by atoms with Gasteiger partial charge in [0.15, 0.2) is 0 Å². The Bertz CT molecular complexity index is 474. The number of nitrogens with one attached hydrogen (secondary N) is 1. The minimum absolute atomic E-state index is 0.145. The Kier molecular flexibility index (Phi) is 3.73. The van der Waals surface area contributed by atoms with Crippen LogP contribution in [0.4, 0.5) is 5.82 Å². The highest BCUT2D eigenvalue weighted by molar-refractivity contribution is 5.86. The summed E-state index contributed by atoms with van der Waals surface area (Å²) in [6.07, 6.45) is 0. The first kappa shape index (κ1) is 13.8. The van der Waals surface area contributed by atoms with Gasteiger partial charge in [-0.25, -0.2) is 10.8 Å². The summed E-state index contributed by atoms with van der Waals surface area (Å²) in [6, 6.07) is 5.66. The van der Waals surface area contributed by atoms with E-state index in [9.17, 15) is 4.79 Å². The molecule has 0 saturated carbocycles. The number of hydrazine groups is 1. The molecule has 2 rings (SSSR count). The van der Waals surface area contributed by atoms with E-state index >= 15 is 0 Å². The maximum absolute atomic E-state index is 12.2. The normalized spacial score (nSPS) is 19.6. The molecule has 1 fully saturated rings. The van der Waals surface area contributed by atoms with E-state index in [0.29, 0.717) is 12.4 Å². The number of nitrogens with two attached hydrogens (primary N) is 1. The van der Waals surface area contributed by atoms with Gasteiger partial charge < -0.3 is 10.3 Å². The molecule has 1 amide bonds. The van der Waals surface area contributed by atoms with E-state index in [1.54, 1.807) is 4.90 Å². The Morgan fingerprint density at radius 2 is 2.16 bits per heavy atom. The largest absolute Gasteiger partial charge is 0.343 e. The highest BCUT2D eigenvalue weighted by Crippen LogP contribution is 2.23. The molecule has 0 aliphatic carbocycles. The van der Waals surface area contributed by atoms with Crippen LogP contribution < -0.4 is 11.3 Å². The number of aromatic nitrogens is 1. The number of piperazine rings is 1. The van der Waals surface area contributed by atoms with Crippen molar-refractivity contribution in [1.29, 1.82) is 0 Å². The van der Waals surface area contributed by atoms with Crippen LogP contribution in [0, 0.1) is 0 Å². The summed E-state index contributed by atoms with van der Waals surface area (Å²) in [5, 5.41) is 0. The van der Waals surface area contributed by atoms with Gasteiger partial charge in [-0.2, -0.15) is 0 Å². The van der Waals surface area contributed by atoms with Crippen LogP contribution in [-0.2, 0) is 11.3 Å². The van der Waals surface area contributed by atoms with Crippen molar-refractivity contribution in [2.45, 2.75) is 25.9 Å². The Morgan fingerprint density at radius 3 is 2.84 bits per heavy atom. The summed E-state index contributed by atoms with van der Waals surface area (Å²) >= 11 is 0. The molecule has 6 nitrogen and oxygen atoms in total. The first-order valence-corrected chi connectivity index (χ1v) is 6.38. The molecule has 19 heavy (non-hydrogen) atoms. The zero-order chi connectivity index (χ0) is 14.0. The number of hydrogen-bond acceptors (Lipinski definition) is 5. The van der Waals surface area contributed by atoms with E-state index in [1.807, 2.05) is 39.1 Å². The second kappa shape index (κ2) is 5.14. The molecule has 2 heterocycles. The molecule has 104 valence electrons. The standard InChI is InChI=1S/C13H21N5O/c1-13(2)12(19)17(3)7-8-18(13)9-10-5-4-6-11(15-10)16-14/h4-6H,7-9,14H2,1-3H3,(H,15,16). The predicted octanol–water partition coefficient (Wildman–Crippen LogP) is 0.420. The van der Waals surface area contributed by atoms with Crippen LogP contribution in [-0.4, -0.2) is 46.4 Å². The fourth-order valence-electron chi connectivity index (χ4n) is 2.37. The van der Waals surface area contributed by atoms with E-state index in [0.717, 1.165) is 18.8 Å². The Labute approximate surface area is 113 Å². The van der Waals surface area contributed by atoms with Gasteiger partial charge in [0.1, 0.15) is 5.82 Å². The monoisotopic (exact) mass is 263 g/mol. The summed E-state index contributed by atoms with van der Waals surface area (Å²) in [6.45, 7) is 6.14. The molecule has 1 aliphatic rings. The molecule has 0 aromatic carbocycles. The van der Waals surface area contributed by atoms with Crippen molar-refractivity contribution in [2.24, 2.45) is 5.84 Å². The molecule has 0 atom stereocenters. The number of likely N-dealkylation sites (N-methyl/N-ethyl adjacent to an activating group) is 1. The van der Waals surface area contributed by atoms with Crippen molar-refractivity contribution in [3.8, 4) is 0 Å². The summed E-state index contributed by atoms with van der Waals surface area (Å²) in [5.41, 5.74) is 2.94. The van der Waals surface area contributed by atoms with E-state index in [2.05, 4.69) is 15.3 Å². The fraction of sp³-hybridized carbons (Fsp3) is 0.538. The number of carbonyl (C=O) groups is 1. The van der Waals surface area contributed by atoms with Crippen molar-refractivity contribution in [1.82, 2.24) is 14.8 Å². The summed E-state index contributed by atoms with van der Waals surface area (Å²) in [5.74, 6) is 6.14. The lowest BCUT2D eigenvalue weighted by Gasteiger charge is -2.44. The number of anilines is 1. The lowest BCUT2D eigenvalue weighted by molar-refractivity contribution is -0.147. The minimum Gasteiger partial charge on any atom is -0.343 e. The molecular formula is C13H21N5O. The van der Waals surface area contributed by atoms with E-state index in [-0.39, 0.29) is 5.91 Å². The van der Waals surface area contributed by atoms with Crippen LogP contribution in [0.2, 0.25) is 0 Å². The molecule has 0 bridgehead atoms. The number of hydrogen-bond donors (Lipinski definition) is 2. The van der Waals surface area contributed by atoms with E-state index in [1.165, 1.54) is 0 Å². The average Bonchev–Trinajstić information content (AvgIpc) is 2.40. The SMILES string of the molecule is CN1CCN(Cc2cccc(NN)n2)C(C)(C)C1=O. The number of nitrogens with zero attached hydrogens (tertiary/aromatic N) is 3. The molecular weight excluding hydrogens is 242 g/mol. The van der Waals surface area contributed by atoms with Crippen LogP contribution >= 0.6 is 0 Å². The fourth-order valence-corrected chi connectivity index (χ4v) is 2.37.